The summed E-state index contributed by atoms with van der Waals surface area (Å²) in [7, 11) is -3.11. The van der Waals surface area contributed by atoms with E-state index in [1.807, 2.05) is 38.1 Å². The van der Waals surface area contributed by atoms with Crippen molar-refractivity contribution < 1.29 is 13.2 Å². The van der Waals surface area contributed by atoms with Gasteiger partial charge in [-0.05, 0) is 24.1 Å². The van der Waals surface area contributed by atoms with Crippen molar-refractivity contribution in [3.8, 4) is 0 Å². The van der Waals surface area contributed by atoms with Crippen molar-refractivity contribution in [2.24, 2.45) is 5.73 Å². The first-order chi connectivity index (χ1) is 10.0. The molecule has 1 atom stereocenters. The molecule has 1 unspecified atom stereocenters. The van der Waals surface area contributed by atoms with Gasteiger partial charge in [0.2, 0.25) is 5.91 Å². The minimum atomic E-state index is -3.11. The van der Waals surface area contributed by atoms with Crippen LogP contribution < -0.4 is 11.1 Å². The molecule has 22 heavy (non-hydrogen) atoms. The molecular formula is C15H23BrN2O3S. The van der Waals surface area contributed by atoms with Crippen LogP contribution in [0.2, 0.25) is 0 Å². The van der Waals surface area contributed by atoms with Gasteiger partial charge in [-0.2, -0.15) is 0 Å². The van der Waals surface area contributed by atoms with Gasteiger partial charge < -0.3 is 11.1 Å². The smallest absolute Gasteiger partial charge is 0.236 e. The largest absolute Gasteiger partial charge is 0.354 e. The summed E-state index contributed by atoms with van der Waals surface area (Å²) < 4.78 is 23.2. The minimum absolute atomic E-state index is 0.0867. The molecule has 5 nitrogen and oxygen atoms in total. The number of carbonyl (C=O) groups is 1. The van der Waals surface area contributed by atoms with Gasteiger partial charge in [-0.15, -0.1) is 0 Å². The van der Waals surface area contributed by atoms with E-state index in [0.29, 0.717) is 6.54 Å². The number of carbonyl (C=O) groups excluding carboxylic acids is 1. The van der Waals surface area contributed by atoms with Gasteiger partial charge in [-0.1, -0.05) is 41.9 Å². The van der Waals surface area contributed by atoms with E-state index in [0.717, 1.165) is 16.3 Å². The molecule has 1 amide bonds. The Kier molecular flexibility index (Phi) is 6.58. The van der Waals surface area contributed by atoms with Crippen molar-refractivity contribution in [1.29, 1.82) is 0 Å². The van der Waals surface area contributed by atoms with Gasteiger partial charge in [0.15, 0.2) is 0 Å². The Hall–Kier alpha value is -0.920. The molecule has 0 saturated heterocycles. The number of hydrogen-bond acceptors (Lipinski definition) is 4. The molecule has 0 bridgehead atoms. The highest BCUT2D eigenvalue weighted by atomic mass is 79.9. The lowest BCUT2D eigenvalue weighted by molar-refractivity contribution is -0.122. The summed E-state index contributed by atoms with van der Waals surface area (Å²) in [4.78, 5) is 12.0. The Balaban J connectivity index is 2.58. The number of amides is 1. The fourth-order valence-electron chi connectivity index (χ4n) is 1.92. The Morgan fingerprint density at radius 3 is 2.59 bits per heavy atom. The van der Waals surface area contributed by atoms with Crippen LogP contribution in [0.3, 0.4) is 0 Å². The topological polar surface area (TPSA) is 89.3 Å². The summed E-state index contributed by atoms with van der Waals surface area (Å²) in [5.74, 6) is -0.414. The Morgan fingerprint density at radius 2 is 2.05 bits per heavy atom. The van der Waals surface area contributed by atoms with Crippen LogP contribution in [0.1, 0.15) is 25.8 Å². The number of rotatable bonds is 7. The van der Waals surface area contributed by atoms with Crippen molar-refractivity contribution in [2.75, 3.05) is 18.6 Å². The molecule has 1 aromatic rings. The van der Waals surface area contributed by atoms with Gasteiger partial charge in [0, 0.05) is 22.7 Å². The molecule has 0 aliphatic rings. The maximum absolute atomic E-state index is 12.0. The van der Waals surface area contributed by atoms with E-state index in [9.17, 15) is 13.2 Å². The first-order valence-electron chi connectivity index (χ1n) is 6.98. The highest BCUT2D eigenvalue weighted by molar-refractivity contribution is 9.10. The number of benzene rings is 1. The third kappa shape index (κ3) is 6.46. The quantitative estimate of drug-likeness (QED) is 0.739. The van der Waals surface area contributed by atoms with E-state index in [2.05, 4.69) is 21.2 Å². The number of halogens is 1. The Bertz CT molecular complexity index is 629. The molecule has 0 radical (unpaired) electrons. The van der Waals surface area contributed by atoms with Crippen LogP contribution in [0.25, 0.3) is 0 Å². The van der Waals surface area contributed by atoms with Gasteiger partial charge in [0.05, 0.1) is 11.8 Å². The molecule has 7 heteroatoms. The molecule has 0 fully saturated rings. The van der Waals surface area contributed by atoms with Crippen molar-refractivity contribution in [1.82, 2.24) is 5.32 Å². The predicted molar refractivity (Wildman–Crippen MR) is 92.5 cm³/mol. The van der Waals surface area contributed by atoms with Gasteiger partial charge in [-0.25, -0.2) is 8.42 Å². The summed E-state index contributed by atoms with van der Waals surface area (Å²) in [6.07, 6.45) is 1.26. The third-order valence-corrected chi connectivity index (χ3v) is 4.92. The second kappa shape index (κ2) is 7.57. The summed E-state index contributed by atoms with van der Waals surface area (Å²) >= 11 is 3.43. The van der Waals surface area contributed by atoms with Crippen molar-refractivity contribution in [3.63, 3.8) is 0 Å². The van der Waals surface area contributed by atoms with Crippen LogP contribution in [-0.2, 0) is 20.0 Å². The molecule has 1 rings (SSSR count). The van der Waals surface area contributed by atoms with Crippen molar-refractivity contribution >= 4 is 31.7 Å². The van der Waals surface area contributed by atoms with Gasteiger partial charge in [-0.3, -0.25) is 4.79 Å². The predicted octanol–water partition coefficient (Wildman–Crippen LogP) is 1.60. The minimum Gasteiger partial charge on any atom is -0.354 e. The standard InChI is InChI=1S/C15H23BrN2O3S/c1-15(2,11-5-4-6-12(16)9-11)10-18-14(19)13(17)7-8-22(3,20)21/h4-6,9,13H,7-8,10,17H2,1-3H3,(H,18,19). The fraction of sp³-hybridized carbons (Fsp3) is 0.533. The molecule has 3 N–H and O–H groups in total. The van der Waals surface area contributed by atoms with E-state index < -0.39 is 15.9 Å². The van der Waals surface area contributed by atoms with Crippen LogP contribution in [0, 0.1) is 0 Å². The molecule has 0 spiro atoms. The monoisotopic (exact) mass is 390 g/mol. The molecule has 0 saturated carbocycles. The van der Waals surface area contributed by atoms with E-state index >= 15 is 0 Å². The Morgan fingerprint density at radius 1 is 1.41 bits per heavy atom. The Labute approximate surface area is 140 Å². The lowest BCUT2D eigenvalue weighted by Crippen LogP contribution is -2.45. The maximum atomic E-state index is 12.0. The molecule has 0 aromatic heterocycles. The molecule has 1 aromatic carbocycles. The highest BCUT2D eigenvalue weighted by Gasteiger charge is 2.23. The molecule has 0 aliphatic heterocycles. The van der Waals surface area contributed by atoms with E-state index in [1.165, 1.54) is 0 Å². The van der Waals surface area contributed by atoms with Crippen LogP contribution in [-0.4, -0.2) is 38.9 Å². The zero-order valence-electron chi connectivity index (χ0n) is 13.1. The second-order valence-electron chi connectivity index (χ2n) is 6.14. The normalized spacial score (nSPS) is 13.7. The zero-order valence-corrected chi connectivity index (χ0v) is 15.5. The number of sulfone groups is 1. The lowest BCUT2D eigenvalue weighted by atomic mass is 9.84. The number of nitrogens with two attached hydrogens (primary N) is 1. The fourth-order valence-corrected chi connectivity index (χ4v) is 3.00. The summed E-state index contributed by atoms with van der Waals surface area (Å²) in [5.41, 5.74) is 6.57. The zero-order chi connectivity index (χ0) is 17.0. The average molecular weight is 391 g/mol. The van der Waals surface area contributed by atoms with E-state index in [-0.39, 0.29) is 23.5 Å². The van der Waals surface area contributed by atoms with Gasteiger partial charge >= 0.3 is 0 Å². The van der Waals surface area contributed by atoms with Crippen LogP contribution >= 0.6 is 15.9 Å². The summed E-state index contributed by atoms with van der Waals surface area (Å²) in [5, 5.41) is 2.80. The van der Waals surface area contributed by atoms with Crippen LogP contribution in [0.5, 0.6) is 0 Å². The molecule has 0 heterocycles. The number of hydrogen-bond donors (Lipinski definition) is 2. The second-order valence-corrected chi connectivity index (χ2v) is 9.31. The van der Waals surface area contributed by atoms with E-state index in [4.69, 9.17) is 5.73 Å². The maximum Gasteiger partial charge on any atom is 0.236 e. The van der Waals surface area contributed by atoms with Crippen molar-refractivity contribution in [2.45, 2.75) is 31.7 Å². The lowest BCUT2D eigenvalue weighted by Gasteiger charge is -2.26. The van der Waals surface area contributed by atoms with Gasteiger partial charge in [0.1, 0.15) is 9.84 Å². The van der Waals surface area contributed by atoms with Crippen LogP contribution in [0.4, 0.5) is 0 Å². The first kappa shape index (κ1) is 19.1. The summed E-state index contributed by atoms with van der Waals surface area (Å²) in [6.45, 7) is 4.48. The molecule has 124 valence electrons. The molecular weight excluding hydrogens is 368 g/mol. The van der Waals surface area contributed by atoms with Crippen molar-refractivity contribution in [3.05, 3.63) is 34.3 Å². The average Bonchev–Trinajstić information content (AvgIpc) is 2.41. The first-order valence-corrected chi connectivity index (χ1v) is 9.84. The highest BCUT2D eigenvalue weighted by Crippen LogP contribution is 2.25. The molecule has 0 aliphatic carbocycles. The van der Waals surface area contributed by atoms with Crippen LogP contribution in [0.15, 0.2) is 28.7 Å². The SMILES string of the molecule is CC(C)(CNC(=O)C(N)CCS(C)(=O)=O)c1cccc(Br)c1. The van der Waals surface area contributed by atoms with Gasteiger partial charge in [0.25, 0.3) is 0 Å². The number of nitrogens with one attached hydrogen (secondary N) is 1. The van der Waals surface area contributed by atoms with E-state index in [1.54, 1.807) is 0 Å². The third-order valence-electron chi connectivity index (χ3n) is 3.45. The summed E-state index contributed by atoms with van der Waals surface area (Å²) in [6, 6.07) is 7.09.